The summed E-state index contributed by atoms with van der Waals surface area (Å²) in [6.45, 7) is 0.682. The van der Waals surface area contributed by atoms with Crippen LogP contribution >= 0.6 is 19.6 Å². The molecule has 9 atom stereocenters. The van der Waals surface area contributed by atoms with Crippen molar-refractivity contribution in [2.75, 3.05) is 13.2 Å². The number of aliphatic hydroxyl groups is 4. The number of guanidine groups is 1. The van der Waals surface area contributed by atoms with Gasteiger partial charge in [-0.2, -0.15) is 4.99 Å². The van der Waals surface area contributed by atoms with Crippen molar-refractivity contribution >= 4 is 37.8 Å². The van der Waals surface area contributed by atoms with Gasteiger partial charge in [0.2, 0.25) is 18.7 Å². The molecule has 0 bridgehead atoms. The molecule has 18 heteroatoms. The monoisotopic (exact) mass is 552 g/mol. The number of phosphoric acid groups is 1. The fourth-order valence-electron chi connectivity index (χ4n) is 4.10. The number of aliphatic hydroxyl groups excluding tert-OH is 4. The largest absolute Gasteiger partial charge is 0.472 e. The number of carbonyl (C=O) groups is 1. The lowest BCUT2D eigenvalue weighted by molar-refractivity contribution is -0.143. The van der Waals surface area contributed by atoms with E-state index in [2.05, 4.69) is 15.3 Å². The molecule has 2 saturated heterocycles. The van der Waals surface area contributed by atoms with Crippen LogP contribution in [0.3, 0.4) is 0 Å². The number of thioether (sulfide) groups is 1. The number of hydrogen-bond acceptors (Lipinski definition) is 15. The van der Waals surface area contributed by atoms with Crippen LogP contribution in [-0.2, 0) is 23.1 Å². The van der Waals surface area contributed by atoms with Crippen LogP contribution in [-0.4, -0.2) is 114 Å². The van der Waals surface area contributed by atoms with E-state index in [-0.39, 0.29) is 25.4 Å². The maximum Gasteiger partial charge on any atom is 0.472 e. The summed E-state index contributed by atoms with van der Waals surface area (Å²) < 4.78 is 28.7. The smallest absolute Gasteiger partial charge is 0.395 e. The molecule has 0 aromatic heterocycles. The summed E-state index contributed by atoms with van der Waals surface area (Å²) in [5.41, 5.74) is 5.79. The Morgan fingerprint density at radius 1 is 1.33 bits per heavy atom. The zero-order chi connectivity index (χ0) is 26.2. The molecule has 0 saturated carbocycles. The van der Waals surface area contributed by atoms with Gasteiger partial charge in [0.1, 0.15) is 12.3 Å². The van der Waals surface area contributed by atoms with Gasteiger partial charge in [-0.25, -0.2) is 9.56 Å². The number of nitrogens with two attached hydrogens (primary N) is 1. The van der Waals surface area contributed by atoms with E-state index < -0.39 is 68.2 Å². The highest BCUT2D eigenvalue weighted by atomic mass is 32.2. The Morgan fingerprint density at radius 2 is 2.08 bits per heavy atom. The third kappa shape index (κ3) is 6.02. The molecule has 0 aromatic carbocycles. The molecule has 1 amide bonds. The Balaban J connectivity index is 1.31. The second kappa shape index (κ2) is 10.9. The van der Waals surface area contributed by atoms with Crippen molar-refractivity contribution in [3.63, 3.8) is 0 Å². The second-order valence-electron chi connectivity index (χ2n) is 8.52. The normalized spacial score (nSPS) is 38.6. The summed E-state index contributed by atoms with van der Waals surface area (Å²) >= 11 is 1.20. The molecule has 4 rings (SSSR count). The van der Waals surface area contributed by atoms with Crippen molar-refractivity contribution in [3.05, 3.63) is 11.8 Å². The number of phosphoric ester groups is 1. The van der Waals surface area contributed by atoms with Gasteiger partial charge in [0, 0.05) is 24.6 Å². The number of aliphatic imine (C=N–C) groups is 2. The van der Waals surface area contributed by atoms with E-state index in [0.717, 1.165) is 0 Å². The van der Waals surface area contributed by atoms with Crippen molar-refractivity contribution < 1.29 is 48.5 Å². The minimum atomic E-state index is -4.65. The van der Waals surface area contributed by atoms with E-state index in [1.165, 1.54) is 34.1 Å². The molecule has 2 fully saturated rings. The van der Waals surface area contributed by atoms with Gasteiger partial charge in [-0.15, -0.1) is 11.8 Å². The molecule has 36 heavy (non-hydrogen) atoms. The summed E-state index contributed by atoms with van der Waals surface area (Å²) in [4.78, 5) is 32.2. The van der Waals surface area contributed by atoms with Crippen LogP contribution in [0.5, 0.6) is 0 Å². The van der Waals surface area contributed by atoms with Gasteiger partial charge in [0.05, 0.1) is 42.4 Å². The van der Waals surface area contributed by atoms with E-state index in [0.29, 0.717) is 5.57 Å². The third-order valence-corrected chi connectivity index (χ3v) is 8.55. The quantitative estimate of drug-likeness (QED) is 0.152. The van der Waals surface area contributed by atoms with Crippen LogP contribution < -0.4 is 11.1 Å². The molecule has 0 spiro atoms. The Hall–Kier alpha value is -1.79. The molecule has 4 aliphatic heterocycles. The first-order valence-corrected chi connectivity index (χ1v) is 13.4. The number of hydrogen-bond donors (Lipinski definition) is 7. The highest BCUT2D eigenvalue weighted by molar-refractivity contribution is 8.00. The predicted octanol–water partition coefficient (Wildman–Crippen LogP) is -2.67. The fourth-order valence-corrected chi connectivity index (χ4v) is 6.59. The van der Waals surface area contributed by atoms with Crippen LogP contribution in [0, 0.1) is 0 Å². The molecule has 16 nitrogen and oxygen atoms in total. The molecule has 0 aliphatic carbocycles. The molecular weight excluding hydrogens is 523 g/mol. The average Bonchev–Trinajstić information content (AvgIpc) is 3.37. The maximum absolute atomic E-state index is 12.6. The SMILES string of the molecule is CC1=CN([C@H]2CC(O)[C@@H](COP(=O)(O)OC3C[C@H](N4C=NC(N)=NC4O)S[C@@H]3CO)O2)C(O)NC1=O. The van der Waals surface area contributed by atoms with Crippen LogP contribution in [0.1, 0.15) is 19.8 Å². The Labute approximate surface area is 210 Å². The number of rotatable bonds is 8. The van der Waals surface area contributed by atoms with Gasteiger partial charge >= 0.3 is 7.82 Å². The van der Waals surface area contributed by atoms with E-state index in [4.69, 9.17) is 19.5 Å². The fraction of sp³-hybridized carbons (Fsp3) is 0.722. The number of nitrogens with one attached hydrogen (secondary N) is 1. The zero-order valence-electron chi connectivity index (χ0n) is 19.1. The van der Waals surface area contributed by atoms with Gasteiger partial charge in [0.15, 0.2) is 0 Å². The van der Waals surface area contributed by atoms with Gasteiger partial charge in [0.25, 0.3) is 5.91 Å². The van der Waals surface area contributed by atoms with Crippen LogP contribution in [0.15, 0.2) is 21.8 Å². The molecular formula is C18H29N6O10PS. The van der Waals surface area contributed by atoms with Crippen molar-refractivity contribution in [1.82, 2.24) is 15.1 Å². The van der Waals surface area contributed by atoms with Crippen molar-refractivity contribution in [1.29, 1.82) is 0 Å². The van der Waals surface area contributed by atoms with Gasteiger partial charge in [-0.05, 0) is 6.92 Å². The molecule has 0 radical (unpaired) electrons. The standard InChI is InChI=1S/C18H29N6O10PS/c1-8-4-23(17(28)21-15(8)27)13-2-9(26)11(33-13)6-32-35(30,31)34-10-3-14(36-12(10)5-25)24-7-20-16(19)22-18(24)29/h4,7,9-14,17-18,25-26,28-29H,2-3,5-6H2,1H3,(H2,19,22)(H,21,27)(H,30,31)/t9?,10?,11-,12-,13-,14-,17?,18?/m1/s1. The number of carbonyl (C=O) groups excluding carboxylic acids is 1. The van der Waals surface area contributed by atoms with Crippen LogP contribution in [0.4, 0.5) is 0 Å². The molecule has 8 N–H and O–H groups in total. The molecule has 5 unspecified atom stereocenters. The minimum Gasteiger partial charge on any atom is -0.395 e. The van der Waals surface area contributed by atoms with Gasteiger partial charge in [-0.1, -0.05) is 0 Å². The average molecular weight is 553 g/mol. The predicted molar refractivity (Wildman–Crippen MR) is 125 cm³/mol. The van der Waals surface area contributed by atoms with E-state index in [1.54, 1.807) is 6.92 Å². The molecule has 202 valence electrons. The van der Waals surface area contributed by atoms with Gasteiger partial charge < -0.3 is 50.9 Å². The van der Waals surface area contributed by atoms with E-state index in [1.807, 2.05) is 0 Å². The van der Waals surface area contributed by atoms with E-state index in [9.17, 15) is 34.7 Å². The number of nitrogens with zero attached hydrogens (tertiary/aromatic N) is 4. The number of amides is 1. The molecule has 0 aromatic rings. The highest BCUT2D eigenvalue weighted by Gasteiger charge is 2.45. The number of ether oxygens (including phenoxy) is 1. The van der Waals surface area contributed by atoms with Crippen LogP contribution in [0.2, 0.25) is 0 Å². The highest BCUT2D eigenvalue weighted by Crippen LogP contribution is 2.50. The van der Waals surface area contributed by atoms with Crippen molar-refractivity contribution in [2.24, 2.45) is 15.7 Å². The first-order valence-electron chi connectivity index (χ1n) is 11.0. The lowest BCUT2D eigenvalue weighted by atomic mass is 10.2. The maximum atomic E-state index is 12.6. The zero-order valence-corrected chi connectivity index (χ0v) is 20.8. The van der Waals surface area contributed by atoms with Crippen molar-refractivity contribution in [3.8, 4) is 0 Å². The Morgan fingerprint density at radius 3 is 2.78 bits per heavy atom. The Kier molecular flexibility index (Phi) is 8.25. The van der Waals surface area contributed by atoms with Gasteiger partial charge in [-0.3, -0.25) is 13.8 Å². The summed E-state index contributed by atoms with van der Waals surface area (Å²) in [5, 5.41) is 41.5. The topological polar surface area (TPSA) is 232 Å². The summed E-state index contributed by atoms with van der Waals surface area (Å²) in [5.74, 6) is -0.534. The molecule has 4 heterocycles. The minimum absolute atomic E-state index is 0.0432. The second-order valence-corrected chi connectivity index (χ2v) is 11.3. The van der Waals surface area contributed by atoms with E-state index >= 15 is 0 Å². The summed E-state index contributed by atoms with van der Waals surface area (Å²) in [6, 6.07) is 0. The lowest BCUT2D eigenvalue weighted by Gasteiger charge is -2.35. The lowest BCUT2D eigenvalue weighted by Crippen LogP contribution is -2.53. The van der Waals surface area contributed by atoms with Crippen LogP contribution in [0.25, 0.3) is 0 Å². The van der Waals surface area contributed by atoms with Crippen molar-refractivity contribution in [2.45, 2.75) is 67.6 Å². The Bertz CT molecular complexity index is 986. The third-order valence-electron chi connectivity index (χ3n) is 5.98. The molecule has 4 aliphatic rings. The summed E-state index contributed by atoms with van der Waals surface area (Å²) in [7, 11) is -4.65. The first kappa shape index (κ1) is 27.3. The first-order chi connectivity index (χ1) is 17.0. The summed E-state index contributed by atoms with van der Waals surface area (Å²) in [6.07, 6.45) is -3.61.